The zero-order valence-electron chi connectivity index (χ0n) is 11.6. The summed E-state index contributed by atoms with van der Waals surface area (Å²) in [5, 5.41) is 0. The van der Waals surface area contributed by atoms with Crippen LogP contribution in [0, 0.1) is 0 Å². The van der Waals surface area contributed by atoms with Gasteiger partial charge in [0.15, 0.2) is 0 Å². The molecule has 1 fully saturated rings. The lowest BCUT2D eigenvalue weighted by molar-refractivity contribution is -0.133. The number of hydrogen-bond acceptors (Lipinski definition) is 3. The van der Waals surface area contributed by atoms with Crippen molar-refractivity contribution in [3.8, 4) is 0 Å². The number of nitrogens with two attached hydrogens (primary N) is 1. The van der Waals surface area contributed by atoms with Crippen molar-refractivity contribution < 1.29 is 4.79 Å². The highest BCUT2D eigenvalue weighted by Crippen LogP contribution is 2.14. The number of hydrogen-bond donors (Lipinski definition) is 1. The number of rotatable bonds is 4. The first kappa shape index (κ1) is 14.0. The van der Waals surface area contributed by atoms with Crippen molar-refractivity contribution in [3.63, 3.8) is 0 Å². The minimum atomic E-state index is 0.189. The predicted molar refractivity (Wildman–Crippen MR) is 76.6 cm³/mol. The highest BCUT2D eigenvalue weighted by Gasteiger charge is 2.25. The molecule has 2 N–H and O–H groups in total. The third-order valence-corrected chi connectivity index (χ3v) is 3.70. The van der Waals surface area contributed by atoms with Gasteiger partial charge in [0.1, 0.15) is 0 Å². The van der Waals surface area contributed by atoms with Crippen LogP contribution in [0.25, 0.3) is 0 Å². The summed E-state index contributed by atoms with van der Waals surface area (Å²) in [5.41, 5.74) is 6.77. The maximum atomic E-state index is 11.8. The molecule has 0 aliphatic carbocycles. The molecule has 1 saturated heterocycles. The summed E-state index contributed by atoms with van der Waals surface area (Å²) >= 11 is 0. The van der Waals surface area contributed by atoms with Crippen LogP contribution in [-0.2, 0) is 11.3 Å². The van der Waals surface area contributed by atoms with Gasteiger partial charge in [-0.1, -0.05) is 30.3 Å². The Morgan fingerprint density at radius 3 is 2.68 bits per heavy atom. The summed E-state index contributed by atoms with van der Waals surface area (Å²) in [7, 11) is 0. The lowest BCUT2D eigenvalue weighted by atomic mass is 10.1. The standard InChI is InChI=1S/C15H23N3O/c1-13-11-18(15(19)7-8-16)10-9-17(13)12-14-5-3-2-4-6-14/h2-6,13H,7-12,16H2,1H3. The van der Waals surface area contributed by atoms with Gasteiger partial charge in [0.05, 0.1) is 0 Å². The Hall–Kier alpha value is -1.39. The second kappa shape index (κ2) is 6.68. The molecule has 0 radical (unpaired) electrons. The van der Waals surface area contributed by atoms with E-state index in [1.165, 1.54) is 5.56 Å². The molecule has 1 atom stereocenters. The van der Waals surface area contributed by atoms with Crippen LogP contribution in [0.15, 0.2) is 30.3 Å². The van der Waals surface area contributed by atoms with Gasteiger partial charge in [-0.25, -0.2) is 0 Å². The molecule has 0 saturated carbocycles. The van der Waals surface area contributed by atoms with E-state index in [1.807, 2.05) is 11.0 Å². The number of carbonyl (C=O) groups is 1. The zero-order valence-corrected chi connectivity index (χ0v) is 11.6. The summed E-state index contributed by atoms with van der Waals surface area (Å²) in [6.45, 7) is 6.15. The molecule has 2 rings (SSSR count). The molecule has 0 bridgehead atoms. The summed E-state index contributed by atoms with van der Waals surface area (Å²) in [6, 6.07) is 10.9. The van der Waals surface area contributed by atoms with Gasteiger partial charge in [-0.15, -0.1) is 0 Å². The third kappa shape index (κ3) is 3.78. The third-order valence-electron chi connectivity index (χ3n) is 3.70. The van der Waals surface area contributed by atoms with Crippen molar-refractivity contribution in [2.45, 2.75) is 25.9 Å². The van der Waals surface area contributed by atoms with Gasteiger partial charge >= 0.3 is 0 Å². The minimum Gasteiger partial charge on any atom is -0.340 e. The SMILES string of the molecule is CC1CN(C(=O)CCN)CCN1Cc1ccccc1. The second-order valence-corrected chi connectivity index (χ2v) is 5.18. The monoisotopic (exact) mass is 261 g/mol. The van der Waals surface area contributed by atoms with E-state index in [2.05, 4.69) is 36.1 Å². The molecule has 19 heavy (non-hydrogen) atoms. The Morgan fingerprint density at radius 2 is 2.05 bits per heavy atom. The smallest absolute Gasteiger partial charge is 0.223 e. The van der Waals surface area contributed by atoms with Crippen LogP contribution in [0.3, 0.4) is 0 Å². The van der Waals surface area contributed by atoms with Crippen molar-refractivity contribution >= 4 is 5.91 Å². The van der Waals surface area contributed by atoms with Crippen LogP contribution in [0.1, 0.15) is 18.9 Å². The Labute approximate surface area is 115 Å². The number of nitrogens with zero attached hydrogens (tertiary/aromatic N) is 2. The number of amides is 1. The molecular weight excluding hydrogens is 238 g/mol. The van der Waals surface area contributed by atoms with Gasteiger partial charge in [0.25, 0.3) is 0 Å². The fraction of sp³-hybridized carbons (Fsp3) is 0.533. The first-order valence-corrected chi connectivity index (χ1v) is 6.96. The van der Waals surface area contributed by atoms with Gasteiger partial charge in [0.2, 0.25) is 5.91 Å². The molecule has 1 aliphatic rings. The van der Waals surface area contributed by atoms with Crippen LogP contribution in [-0.4, -0.2) is 47.9 Å². The lowest BCUT2D eigenvalue weighted by Gasteiger charge is -2.40. The highest BCUT2D eigenvalue weighted by atomic mass is 16.2. The van der Waals surface area contributed by atoms with E-state index in [9.17, 15) is 4.79 Å². The van der Waals surface area contributed by atoms with Gasteiger partial charge in [0, 0.05) is 45.2 Å². The lowest BCUT2D eigenvalue weighted by Crippen LogP contribution is -2.53. The van der Waals surface area contributed by atoms with Gasteiger partial charge in [-0.2, -0.15) is 0 Å². The molecule has 4 nitrogen and oxygen atoms in total. The topological polar surface area (TPSA) is 49.6 Å². The van der Waals surface area contributed by atoms with Gasteiger partial charge in [-0.05, 0) is 12.5 Å². The van der Waals surface area contributed by atoms with Gasteiger partial charge in [-0.3, -0.25) is 9.69 Å². The van der Waals surface area contributed by atoms with Crippen molar-refractivity contribution in [2.24, 2.45) is 5.73 Å². The van der Waals surface area contributed by atoms with Crippen LogP contribution >= 0.6 is 0 Å². The summed E-state index contributed by atoms with van der Waals surface area (Å²) in [6.07, 6.45) is 0.464. The Morgan fingerprint density at radius 1 is 1.32 bits per heavy atom. The van der Waals surface area contributed by atoms with E-state index in [0.717, 1.165) is 26.2 Å². The second-order valence-electron chi connectivity index (χ2n) is 5.18. The minimum absolute atomic E-state index is 0.189. The first-order chi connectivity index (χ1) is 9.20. The molecule has 1 aromatic carbocycles. The average Bonchev–Trinajstić information content (AvgIpc) is 2.42. The molecule has 1 aliphatic heterocycles. The summed E-state index contributed by atoms with van der Waals surface area (Å²) < 4.78 is 0. The van der Waals surface area contributed by atoms with E-state index >= 15 is 0 Å². The van der Waals surface area contributed by atoms with E-state index in [4.69, 9.17) is 5.73 Å². The molecule has 104 valence electrons. The molecule has 0 aromatic heterocycles. The largest absolute Gasteiger partial charge is 0.340 e. The van der Waals surface area contributed by atoms with E-state index in [0.29, 0.717) is 19.0 Å². The fourth-order valence-corrected chi connectivity index (χ4v) is 2.56. The van der Waals surface area contributed by atoms with Gasteiger partial charge < -0.3 is 10.6 Å². The molecule has 1 amide bonds. The number of piperazine rings is 1. The fourth-order valence-electron chi connectivity index (χ4n) is 2.56. The van der Waals surface area contributed by atoms with E-state index in [-0.39, 0.29) is 5.91 Å². The number of carbonyl (C=O) groups excluding carboxylic acids is 1. The molecular formula is C15H23N3O. The van der Waals surface area contributed by atoms with Crippen molar-refractivity contribution in [2.75, 3.05) is 26.2 Å². The zero-order chi connectivity index (χ0) is 13.7. The van der Waals surface area contributed by atoms with Crippen LogP contribution < -0.4 is 5.73 Å². The molecule has 0 spiro atoms. The van der Waals surface area contributed by atoms with Crippen molar-refractivity contribution in [1.29, 1.82) is 0 Å². The van der Waals surface area contributed by atoms with Crippen LogP contribution in [0.5, 0.6) is 0 Å². The highest BCUT2D eigenvalue weighted by molar-refractivity contribution is 5.76. The Balaban J connectivity index is 1.88. The Kier molecular flexibility index (Phi) is 4.93. The maximum Gasteiger partial charge on any atom is 0.223 e. The molecule has 4 heteroatoms. The summed E-state index contributed by atoms with van der Waals surface area (Å²) in [4.78, 5) is 16.2. The van der Waals surface area contributed by atoms with Crippen LogP contribution in [0.4, 0.5) is 0 Å². The Bertz CT molecular complexity index is 407. The van der Waals surface area contributed by atoms with Crippen molar-refractivity contribution in [1.82, 2.24) is 9.80 Å². The molecule has 1 unspecified atom stereocenters. The molecule has 1 aromatic rings. The average molecular weight is 261 g/mol. The number of benzene rings is 1. The summed E-state index contributed by atoms with van der Waals surface area (Å²) in [5.74, 6) is 0.189. The van der Waals surface area contributed by atoms with E-state index < -0.39 is 0 Å². The normalized spacial score (nSPS) is 20.5. The van der Waals surface area contributed by atoms with Crippen molar-refractivity contribution in [3.05, 3.63) is 35.9 Å². The first-order valence-electron chi connectivity index (χ1n) is 6.96. The van der Waals surface area contributed by atoms with E-state index in [1.54, 1.807) is 0 Å². The molecule has 1 heterocycles. The predicted octanol–water partition coefficient (Wildman–Crippen LogP) is 1.07. The van der Waals surface area contributed by atoms with Crippen LogP contribution in [0.2, 0.25) is 0 Å². The maximum absolute atomic E-state index is 11.8. The quantitative estimate of drug-likeness (QED) is 0.882.